The molecule has 1 rings (SSSR count). The number of carbonyl (C=O) groups is 1. The van der Waals surface area contributed by atoms with Crippen LogP contribution in [0.1, 0.15) is 16.1 Å². The van der Waals surface area contributed by atoms with Gasteiger partial charge in [-0.25, -0.2) is 4.79 Å². The Hall–Kier alpha value is -0.420. The van der Waals surface area contributed by atoms with Crippen LogP contribution in [0.25, 0.3) is 0 Å². The molecule has 1 N–H and O–H groups in total. The van der Waals surface area contributed by atoms with Gasteiger partial charge in [-0.05, 0) is 22.0 Å². The highest BCUT2D eigenvalue weighted by Gasteiger charge is 2.10. The first-order valence-electron chi connectivity index (χ1n) is 3.09. The fourth-order valence-electron chi connectivity index (χ4n) is 0.759. The number of pyridine rings is 1. The smallest absolute Gasteiger partial charge is 0.337 e. The van der Waals surface area contributed by atoms with Gasteiger partial charge in [0.2, 0.25) is 0 Å². The van der Waals surface area contributed by atoms with Crippen molar-refractivity contribution in [3.8, 4) is 0 Å². The molecule has 0 bridgehead atoms. The van der Waals surface area contributed by atoms with E-state index in [4.69, 9.17) is 5.11 Å². The molecule has 0 atom stereocenters. The molecule has 1 aromatic heterocycles. The van der Waals surface area contributed by atoms with Gasteiger partial charge in [-0.2, -0.15) is 0 Å². The summed E-state index contributed by atoms with van der Waals surface area (Å²) in [5, 5.41) is 9.19. The Morgan fingerprint density at radius 1 is 1.67 bits per heavy atom. The molecule has 0 fully saturated rings. The Labute approximate surface area is 86.1 Å². The van der Waals surface area contributed by atoms with Gasteiger partial charge in [-0.1, -0.05) is 15.9 Å². The molecule has 0 spiro atoms. The number of halogens is 2. The predicted molar refractivity (Wildman–Crippen MR) is 51.5 cm³/mol. The average Bonchev–Trinajstić information content (AvgIpc) is 2.04. The van der Waals surface area contributed by atoms with Crippen LogP contribution in [0.4, 0.5) is 0 Å². The van der Waals surface area contributed by atoms with Crippen LogP contribution in [0.15, 0.2) is 16.7 Å². The Morgan fingerprint density at radius 2 is 2.33 bits per heavy atom. The lowest BCUT2D eigenvalue weighted by atomic mass is 10.2. The minimum atomic E-state index is -0.960. The molecule has 3 nitrogen and oxygen atoms in total. The van der Waals surface area contributed by atoms with Crippen LogP contribution in [0.3, 0.4) is 0 Å². The zero-order valence-corrected chi connectivity index (χ0v) is 9.09. The molecule has 1 heterocycles. The Bertz CT molecular complexity index is 314. The van der Waals surface area contributed by atoms with Crippen LogP contribution in [0.2, 0.25) is 0 Å². The lowest BCUT2D eigenvalue weighted by Gasteiger charge is -2.00. The van der Waals surface area contributed by atoms with Crippen molar-refractivity contribution in [2.24, 2.45) is 0 Å². The molecule has 5 heteroatoms. The first-order chi connectivity index (χ1) is 5.65. The number of hydrogen-bond donors (Lipinski definition) is 1. The molecule has 0 aliphatic heterocycles. The molecular formula is C7H5Br2NO2. The first-order valence-corrected chi connectivity index (χ1v) is 5.00. The minimum absolute atomic E-state index is 0.223. The van der Waals surface area contributed by atoms with Crippen LogP contribution in [-0.4, -0.2) is 16.1 Å². The zero-order valence-electron chi connectivity index (χ0n) is 5.92. The van der Waals surface area contributed by atoms with E-state index in [2.05, 4.69) is 36.8 Å². The number of rotatable bonds is 2. The van der Waals surface area contributed by atoms with Crippen molar-refractivity contribution >= 4 is 37.8 Å². The maximum Gasteiger partial charge on any atom is 0.337 e. The van der Waals surface area contributed by atoms with E-state index in [9.17, 15) is 4.79 Å². The van der Waals surface area contributed by atoms with Crippen molar-refractivity contribution in [1.29, 1.82) is 0 Å². The van der Waals surface area contributed by atoms with Crippen molar-refractivity contribution in [3.05, 3.63) is 28.0 Å². The van der Waals surface area contributed by atoms with Crippen LogP contribution in [0.5, 0.6) is 0 Å². The zero-order chi connectivity index (χ0) is 9.14. The summed E-state index contributed by atoms with van der Waals surface area (Å²) in [4.78, 5) is 14.6. The summed E-state index contributed by atoms with van der Waals surface area (Å²) in [6, 6.07) is 1.53. The number of carboxylic acids is 1. The molecule has 0 amide bonds. The third-order valence-electron chi connectivity index (χ3n) is 1.29. The van der Waals surface area contributed by atoms with E-state index in [1.807, 2.05) is 0 Å². The number of hydrogen-bond acceptors (Lipinski definition) is 2. The van der Waals surface area contributed by atoms with Crippen LogP contribution in [-0.2, 0) is 5.33 Å². The molecule has 0 aromatic carbocycles. The highest BCUT2D eigenvalue weighted by Crippen LogP contribution is 2.15. The average molecular weight is 295 g/mol. The fourth-order valence-corrected chi connectivity index (χ4v) is 1.54. The third-order valence-corrected chi connectivity index (χ3v) is 2.26. The van der Waals surface area contributed by atoms with E-state index in [0.29, 0.717) is 15.5 Å². The van der Waals surface area contributed by atoms with Gasteiger partial charge < -0.3 is 5.11 Å². The fraction of sp³-hybridized carbons (Fsp3) is 0.143. The molecule has 64 valence electrons. The molecule has 0 radical (unpaired) electrons. The van der Waals surface area contributed by atoms with Gasteiger partial charge in [0.15, 0.2) is 0 Å². The van der Waals surface area contributed by atoms with Gasteiger partial charge in [0.1, 0.15) is 0 Å². The van der Waals surface area contributed by atoms with Gasteiger partial charge in [-0.15, -0.1) is 0 Å². The van der Waals surface area contributed by atoms with Crippen molar-refractivity contribution in [2.75, 3.05) is 0 Å². The second-order valence-electron chi connectivity index (χ2n) is 2.09. The highest BCUT2D eigenvalue weighted by molar-refractivity contribution is 9.10. The van der Waals surface area contributed by atoms with Gasteiger partial charge in [0, 0.05) is 16.0 Å². The Kier molecular flexibility index (Phi) is 3.22. The molecule has 0 unspecified atom stereocenters. The molecule has 12 heavy (non-hydrogen) atoms. The van der Waals surface area contributed by atoms with Gasteiger partial charge in [-0.3, -0.25) is 4.98 Å². The normalized spacial score (nSPS) is 9.83. The standard InChI is InChI=1S/C7H5Br2NO2/c8-2-6-5(7(11)12)1-4(9)3-10-6/h1,3H,2H2,(H,11,12). The predicted octanol–water partition coefficient (Wildman–Crippen LogP) is 2.44. The SMILES string of the molecule is O=C(O)c1cc(Br)cnc1CBr. The summed E-state index contributed by atoms with van der Waals surface area (Å²) < 4.78 is 0.671. The topological polar surface area (TPSA) is 50.2 Å². The Morgan fingerprint density at radius 3 is 2.83 bits per heavy atom. The lowest BCUT2D eigenvalue weighted by Crippen LogP contribution is -2.02. The Balaban J connectivity index is 3.21. The van der Waals surface area contributed by atoms with Gasteiger partial charge in [0.25, 0.3) is 0 Å². The van der Waals surface area contributed by atoms with Crippen molar-refractivity contribution in [1.82, 2.24) is 4.98 Å². The first kappa shape index (κ1) is 9.67. The summed E-state index contributed by atoms with van der Waals surface area (Å²) in [6.45, 7) is 0. The molecule has 0 aliphatic carbocycles. The highest BCUT2D eigenvalue weighted by atomic mass is 79.9. The van der Waals surface area contributed by atoms with E-state index in [1.165, 1.54) is 6.07 Å². The summed E-state index contributed by atoms with van der Waals surface area (Å²) in [5.74, 6) is -0.960. The maximum absolute atomic E-state index is 10.7. The van der Waals surface area contributed by atoms with Gasteiger partial charge >= 0.3 is 5.97 Å². The minimum Gasteiger partial charge on any atom is -0.478 e. The summed E-state index contributed by atoms with van der Waals surface area (Å²) >= 11 is 6.31. The quantitative estimate of drug-likeness (QED) is 0.853. The molecular weight excluding hydrogens is 290 g/mol. The van der Waals surface area contributed by atoms with Crippen LogP contribution < -0.4 is 0 Å². The molecule has 1 aromatic rings. The van der Waals surface area contributed by atoms with Crippen LogP contribution >= 0.6 is 31.9 Å². The second kappa shape index (κ2) is 4.00. The number of alkyl halides is 1. The van der Waals surface area contributed by atoms with Crippen molar-refractivity contribution < 1.29 is 9.90 Å². The van der Waals surface area contributed by atoms with E-state index >= 15 is 0 Å². The van der Waals surface area contributed by atoms with E-state index in [-0.39, 0.29) is 5.56 Å². The van der Waals surface area contributed by atoms with Crippen LogP contribution in [0, 0.1) is 0 Å². The van der Waals surface area contributed by atoms with Crippen molar-refractivity contribution in [2.45, 2.75) is 5.33 Å². The number of aromatic carboxylic acids is 1. The molecule has 0 saturated carbocycles. The van der Waals surface area contributed by atoms with E-state index in [0.717, 1.165) is 0 Å². The van der Waals surface area contributed by atoms with E-state index < -0.39 is 5.97 Å². The maximum atomic E-state index is 10.7. The largest absolute Gasteiger partial charge is 0.478 e. The number of aromatic nitrogens is 1. The van der Waals surface area contributed by atoms with E-state index in [1.54, 1.807) is 6.20 Å². The molecule has 0 aliphatic rings. The monoisotopic (exact) mass is 293 g/mol. The lowest BCUT2D eigenvalue weighted by molar-refractivity contribution is 0.0695. The third kappa shape index (κ3) is 2.04. The summed E-state index contributed by atoms with van der Waals surface area (Å²) in [5.41, 5.74) is 0.756. The molecule has 0 saturated heterocycles. The van der Waals surface area contributed by atoms with Gasteiger partial charge in [0.05, 0.1) is 11.3 Å². The number of nitrogens with zero attached hydrogens (tertiary/aromatic N) is 1. The van der Waals surface area contributed by atoms with Crippen molar-refractivity contribution in [3.63, 3.8) is 0 Å². The summed E-state index contributed by atoms with van der Waals surface area (Å²) in [7, 11) is 0. The summed E-state index contributed by atoms with van der Waals surface area (Å²) in [6.07, 6.45) is 1.57. The second-order valence-corrected chi connectivity index (χ2v) is 3.56. The number of carboxylic acid groups (broad SMARTS) is 1.